The molecule has 4 heteroatoms. The molecule has 2 rings (SSSR count). The summed E-state index contributed by atoms with van der Waals surface area (Å²) in [6.45, 7) is 3.46. The first-order chi connectivity index (χ1) is 9.76. The number of rotatable bonds is 6. The lowest BCUT2D eigenvalue weighted by molar-refractivity contribution is 0.304. The Hall–Kier alpha value is -0.740. The fourth-order valence-corrected chi connectivity index (χ4v) is 3.22. The molecule has 1 fully saturated rings. The van der Waals surface area contributed by atoms with Gasteiger partial charge in [-0.1, -0.05) is 35.2 Å². The molecule has 0 atom stereocenters. The Kier molecular flexibility index (Phi) is 6.17. The van der Waals surface area contributed by atoms with Crippen molar-refractivity contribution in [2.45, 2.75) is 51.6 Å². The summed E-state index contributed by atoms with van der Waals surface area (Å²) in [6.07, 6.45) is 6.63. The second-order valence-electron chi connectivity index (χ2n) is 5.21. The first-order valence-corrected chi connectivity index (χ1v) is 8.27. The highest BCUT2D eigenvalue weighted by atomic mass is 79.9. The van der Waals surface area contributed by atoms with E-state index in [1.807, 2.05) is 19.1 Å². The maximum atomic E-state index is 5.78. The molecule has 0 radical (unpaired) electrons. The van der Waals surface area contributed by atoms with Gasteiger partial charge in [-0.05, 0) is 31.9 Å². The minimum atomic E-state index is 0.635. The first-order valence-electron chi connectivity index (χ1n) is 7.47. The van der Waals surface area contributed by atoms with Gasteiger partial charge in [0.2, 0.25) is 0 Å². The van der Waals surface area contributed by atoms with Crippen LogP contribution in [0.4, 0.5) is 0 Å². The Labute approximate surface area is 130 Å². The SMILES string of the molecule is CCOc1c(OC)ccc(Br)c1CNC1CCCCC1. The Morgan fingerprint density at radius 2 is 2.00 bits per heavy atom. The van der Waals surface area contributed by atoms with Gasteiger partial charge in [0.1, 0.15) is 0 Å². The van der Waals surface area contributed by atoms with E-state index in [9.17, 15) is 0 Å². The minimum absolute atomic E-state index is 0.635. The molecule has 0 amide bonds. The number of benzene rings is 1. The van der Waals surface area contributed by atoms with E-state index in [1.165, 1.54) is 32.1 Å². The third-order valence-corrected chi connectivity index (χ3v) is 4.59. The van der Waals surface area contributed by atoms with E-state index in [0.29, 0.717) is 12.6 Å². The van der Waals surface area contributed by atoms with Crippen LogP contribution in [-0.2, 0) is 6.54 Å². The lowest BCUT2D eigenvalue weighted by Gasteiger charge is -2.24. The van der Waals surface area contributed by atoms with Gasteiger partial charge in [-0.2, -0.15) is 0 Å². The predicted molar refractivity (Wildman–Crippen MR) is 85.6 cm³/mol. The number of methoxy groups -OCH3 is 1. The maximum Gasteiger partial charge on any atom is 0.166 e. The van der Waals surface area contributed by atoms with Crippen LogP contribution in [0.15, 0.2) is 16.6 Å². The molecule has 1 N–H and O–H groups in total. The highest BCUT2D eigenvalue weighted by Gasteiger charge is 2.17. The molecule has 0 aromatic heterocycles. The van der Waals surface area contributed by atoms with Gasteiger partial charge >= 0.3 is 0 Å². The van der Waals surface area contributed by atoms with Gasteiger partial charge in [0.05, 0.1) is 13.7 Å². The molecule has 0 bridgehead atoms. The van der Waals surface area contributed by atoms with Crippen molar-refractivity contribution in [2.75, 3.05) is 13.7 Å². The lowest BCUT2D eigenvalue weighted by atomic mass is 9.95. The Morgan fingerprint density at radius 1 is 1.25 bits per heavy atom. The fraction of sp³-hybridized carbons (Fsp3) is 0.625. The van der Waals surface area contributed by atoms with Crippen molar-refractivity contribution in [3.05, 3.63) is 22.2 Å². The quantitative estimate of drug-likeness (QED) is 0.837. The van der Waals surface area contributed by atoms with Crippen molar-refractivity contribution in [1.29, 1.82) is 0 Å². The zero-order chi connectivity index (χ0) is 14.4. The lowest BCUT2D eigenvalue weighted by Crippen LogP contribution is -2.30. The van der Waals surface area contributed by atoms with Gasteiger partial charge in [-0.25, -0.2) is 0 Å². The van der Waals surface area contributed by atoms with Crippen LogP contribution < -0.4 is 14.8 Å². The molecule has 3 nitrogen and oxygen atoms in total. The zero-order valence-electron chi connectivity index (χ0n) is 12.4. The van der Waals surface area contributed by atoms with Crippen LogP contribution in [0.5, 0.6) is 11.5 Å². The van der Waals surface area contributed by atoms with E-state index in [-0.39, 0.29) is 0 Å². The van der Waals surface area contributed by atoms with Crippen molar-refractivity contribution in [3.63, 3.8) is 0 Å². The highest BCUT2D eigenvalue weighted by molar-refractivity contribution is 9.10. The second-order valence-corrected chi connectivity index (χ2v) is 6.06. The second kappa shape index (κ2) is 7.89. The maximum absolute atomic E-state index is 5.78. The number of nitrogens with one attached hydrogen (secondary N) is 1. The van der Waals surface area contributed by atoms with Crippen molar-refractivity contribution >= 4 is 15.9 Å². The summed E-state index contributed by atoms with van der Waals surface area (Å²) >= 11 is 3.63. The fourth-order valence-electron chi connectivity index (χ4n) is 2.76. The topological polar surface area (TPSA) is 30.5 Å². The Morgan fingerprint density at radius 3 is 2.65 bits per heavy atom. The predicted octanol–water partition coefficient (Wildman–Crippen LogP) is 4.28. The molecule has 0 aliphatic heterocycles. The van der Waals surface area contributed by atoms with E-state index in [2.05, 4.69) is 21.2 Å². The van der Waals surface area contributed by atoms with Crippen molar-refractivity contribution in [1.82, 2.24) is 5.32 Å². The van der Waals surface area contributed by atoms with Crippen LogP contribution in [0.1, 0.15) is 44.6 Å². The molecule has 0 unspecified atom stereocenters. The molecule has 1 aromatic rings. The monoisotopic (exact) mass is 341 g/mol. The number of hydrogen-bond donors (Lipinski definition) is 1. The normalized spacial score (nSPS) is 16.1. The number of halogens is 1. The Balaban J connectivity index is 2.11. The summed E-state index contributed by atoms with van der Waals surface area (Å²) in [7, 11) is 1.68. The van der Waals surface area contributed by atoms with Gasteiger partial charge in [0.25, 0.3) is 0 Å². The Bertz CT molecular complexity index is 431. The molecule has 0 saturated heterocycles. The zero-order valence-corrected chi connectivity index (χ0v) is 14.0. The standard InChI is InChI=1S/C16H24BrNO2/c1-3-20-16-13(14(17)9-10-15(16)19-2)11-18-12-7-5-4-6-8-12/h9-10,12,18H,3-8,11H2,1-2H3. The average Bonchev–Trinajstić information content (AvgIpc) is 2.48. The van der Waals surface area contributed by atoms with E-state index in [1.54, 1.807) is 7.11 Å². The highest BCUT2D eigenvalue weighted by Crippen LogP contribution is 2.36. The molecule has 20 heavy (non-hydrogen) atoms. The van der Waals surface area contributed by atoms with Crippen LogP contribution in [0.3, 0.4) is 0 Å². The van der Waals surface area contributed by atoms with Crippen LogP contribution in [0.2, 0.25) is 0 Å². The molecule has 1 aromatic carbocycles. The van der Waals surface area contributed by atoms with Gasteiger partial charge in [-0.3, -0.25) is 0 Å². The largest absolute Gasteiger partial charge is 0.493 e. The van der Waals surface area contributed by atoms with E-state index in [0.717, 1.165) is 28.1 Å². The van der Waals surface area contributed by atoms with Crippen molar-refractivity contribution in [2.24, 2.45) is 0 Å². The summed E-state index contributed by atoms with van der Waals surface area (Å²) in [4.78, 5) is 0. The van der Waals surface area contributed by atoms with Crippen LogP contribution in [-0.4, -0.2) is 19.8 Å². The molecule has 1 saturated carbocycles. The number of ether oxygens (including phenoxy) is 2. The molecular weight excluding hydrogens is 318 g/mol. The van der Waals surface area contributed by atoms with Gasteiger partial charge in [0.15, 0.2) is 11.5 Å². The molecule has 0 spiro atoms. The van der Waals surface area contributed by atoms with Crippen LogP contribution in [0, 0.1) is 0 Å². The smallest absolute Gasteiger partial charge is 0.166 e. The van der Waals surface area contributed by atoms with E-state index in [4.69, 9.17) is 9.47 Å². The van der Waals surface area contributed by atoms with Crippen LogP contribution >= 0.6 is 15.9 Å². The van der Waals surface area contributed by atoms with E-state index >= 15 is 0 Å². The van der Waals surface area contributed by atoms with Crippen molar-refractivity contribution < 1.29 is 9.47 Å². The summed E-state index contributed by atoms with van der Waals surface area (Å²) in [6, 6.07) is 4.61. The number of hydrogen-bond acceptors (Lipinski definition) is 3. The van der Waals surface area contributed by atoms with Crippen molar-refractivity contribution in [3.8, 4) is 11.5 Å². The summed E-state index contributed by atoms with van der Waals surface area (Å²) in [5.74, 6) is 1.66. The first kappa shape index (κ1) is 15.6. The van der Waals surface area contributed by atoms with Gasteiger partial charge in [-0.15, -0.1) is 0 Å². The van der Waals surface area contributed by atoms with Gasteiger partial charge < -0.3 is 14.8 Å². The molecular formula is C16H24BrNO2. The molecule has 1 aliphatic rings. The van der Waals surface area contributed by atoms with E-state index < -0.39 is 0 Å². The summed E-state index contributed by atoms with van der Waals surface area (Å²) < 4.78 is 12.3. The van der Waals surface area contributed by atoms with Gasteiger partial charge in [0, 0.05) is 22.6 Å². The average molecular weight is 342 g/mol. The molecule has 1 aliphatic carbocycles. The molecule has 0 heterocycles. The summed E-state index contributed by atoms with van der Waals surface area (Å²) in [5.41, 5.74) is 1.15. The minimum Gasteiger partial charge on any atom is -0.493 e. The third kappa shape index (κ3) is 3.89. The van der Waals surface area contributed by atoms with Crippen LogP contribution in [0.25, 0.3) is 0 Å². The molecule has 112 valence electrons. The summed E-state index contributed by atoms with van der Waals surface area (Å²) in [5, 5.41) is 3.66. The third-order valence-electron chi connectivity index (χ3n) is 3.85.